The predicted molar refractivity (Wildman–Crippen MR) is 77.5 cm³/mol. The van der Waals surface area contributed by atoms with Crippen LogP contribution < -0.4 is 4.74 Å². The molecule has 4 heteroatoms. The maximum absolute atomic E-state index is 12.2. The van der Waals surface area contributed by atoms with E-state index in [-0.39, 0.29) is 12.2 Å². The van der Waals surface area contributed by atoms with E-state index in [0.717, 1.165) is 5.56 Å². The number of halogens is 2. The first-order valence-corrected chi connectivity index (χ1v) is 6.47. The van der Waals surface area contributed by atoms with E-state index in [0.29, 0.717) is 21.4 Å². The highest BCUT2D eigenvalue weighted by Gasteiger charge is 2.13. The van der Waals surface area contributed by atoms with Gasteiger partial charge < -0.3 is 4.74 Å². The van der Waals surface area contributed by atoms with E-state index in [1.165, 1.54) is 0 Å². The molecule has 0 bridgehead atoms. The van der Waals surface area contributed by atoms with Gasteiger partial charge in [-0.2, -0.15) is 0 Å². The van der Waals surface area contributed by atoms with Gasteiger partial charge >= 0.3 is 0 Å². The minimum absolute atomic E-state index is 0.0637. The molecule has 0 atom stereocenters. The number of rotatable bonds is 4. The van der Waals surface area contributed by atoms with Crippen molar-refractivity contribution in [2.24, 2.45) is 0 Å². The van der Waals surface area contributed by atoms with Crippen LogP contribution in [0.1, 0.15) is 15.9 Å². The molecule has 2 rings (SSSR count). The van der Waals surface area contributed by atoms with E-state index in [4.69, 9.17) is 27.9 Å². The van der Waals surface area contributed by atoms with E-state index >= 15 is 0 Å². The van der Waals surface area contributed by atoms with Crippen LogP contribution in [0.5, 0.6) is 5.75 Å². The smallest absolute Gasteiger partial charge is 0.168 e. The van der Waals surface area contributed by atoms with E-state index in [1.54, 1.807) is 25.3 Å². The number of carbonyl (C=O) groups is 1. The van der Waals surface area contributed by atoms with Crippen LogP contribution in [-0.4, -0.2) is 12.9 Å². The highest BCUT2D eigenvalue weighted by atomic mass is 35.5. The van der Waals surface area contributed by atoms with Crippen molar-refractivity contribution in [2.45, 2.75) is 6.42 Å². The standard InChI is InChI=1S/C15H12Cl2O2/c1-19-15-5-3-2-4-10(15)8-14(18)12-7-6-11(16)9-13(12)17/h2-7,9H,8H2,1H3. The van der Waals surface area contributed by atoms with Gasteiger partial charge in [0.15, 0.2) is 5.78 Å². The molecule has 0 spiro atoms. The molecule has 2 aromatic rings. The van der Waals surface area contributed by atoms with Crippen LogP contribution >= 0.6 is 23.2 Å². The second kappa shape index (κ2) is 6.09. The molecule has 0 heterocycles. The van der Waals surface area contributed by atoms with Gasteiger partial charge in [-0.15, -0.1) is 0 Å². The first-order valence-electron chi connectivity index (χ1n) is 5.72. The average molecular weight is 295 g/mol. The molecule has 0 saturated heterocycles. The molecule has 0 radical (unpaired) electrons. The van der Waals surface area contributed by atoms with Crippen molar-refractivity contribution >= 4 is 29.0 Å². The van der Waals surface area contributed by atoms with Gasteiger partial charge in [-0.05, 0) is 24.3 Å². The molecule has 2 aromatic carbocycles. The third kappa shape index (κ3) is 3.28. The molecule has 19 heavy (non-hydrogen) atoms. The fourth-order valence-corrected chi connectivity index (χ4v) is 2.35. The van der Waals surface area contributed by atoms with Crippen LogP contribution in [0.4, 0.5) is 0 Å². The summed E-state index contributed by atoms with van der Waals surface area (Å²) in [5.74, 6) is 0.632. The Hall–Kier alpha value is -1.51. The Labute approximate surface area is 121 Å². The van der Waals surface area contributed by atoms with Crippen molar-refractivity contribution in [3.8, 4) is 5.75 Å². The third-order valence-electron chi connectivity index (χ3n) is 2.78. The van der Waals surface area contributed by atoms with Gasteiger partial charge in [-0.25, -0.2) is 0 Å². The Morgan fingerprint density at radius 2 is 1.89 bits per heavy atom. The summed E-state index contributed by atoms with van der Waals surface area (Å²) in [6.07, 6.45) is 0.241. The van der Waals surface area contributed by atoms with Gasteiger partial charge in [-0.1, -0.05) is 41.4 Å². The van der Waals surface area contributed by atoms with E-state index in [2.05, 4.69) is 0 Å². The number of methoxy groups -OCH3 is 1. The van der Waals surface area contributed by atoms with Crippen molar-refractivity contribution in [1.82, 2.24) is 0 Å². The highest BCUT2D eigenvalue weighted by molar-refractivity contribution is 6.36. The number of hydrogen-bond donors (Lipinski definition) is 0. The van der Waals surface area contributed by atoms with Crippen LogP contribution in [0.15, 0.2) is 42.5 Å². The molecule has 98 valence electrons. The van der Waals surface area contributed by atoms with Crippen molar-refractivity contribution in [3.05, 3.63) is 63.6 Å². The zero-order chi connectivity index (χ0) is 13.8. The monoisotopic (exact) mass is 294 g/mol. The fourth-order valence-electron chi connectivity index (χ4n) is 1.83. The summed E-state index contributed by atoms with van der Waals surface area (Å²) >= 11 is 11.8. The number of benzene rings is 2. The van der Waals surface area contributed by atoms with Crippen molar-refractivity contribution in [2.75, 3.05) is 7.11 Å². The summed E-state index contributed by atoms with van der Waals surface area (Å²) in [5.41, 5.74) is 1.30. The zero-order valence-corrected chi connectivity index (χ0v) is 11.8. The van der Waals surface area contributed by atoms with Crippen molar-refractivity contribution in [3.63, 3.8) is 0 Å². The normalized spacial score (nSPS) is 10.3. The van der Waals surface area contributed by atoms with Gasteiger partial charge in [0.05, 0.1) is 12.1 Å². The summed E-state index contributed by atoms with van der Waals surface area (Å²) in [6.45, 7) is 0. The van der Waals surface area contributed by atoms with Crippen molar-refractivity contribution < 1.29 is 9.53 Å². The largest absolute Gasteiger partial charge is 0.496 e. The summed E-state index contributed by atoms with van der Waals surface area (Å²) in [7, 11) is 1.58. The van der Waals surface area contributed by atoms with Gasteiger partial charge in [0.2, 0.25) is 0 Å². The maximum Gasteiger partial charge on any atom is 0.168 e. The number of ether oxygens (including phenoxy) is 1. The molecular weight excluding hydrogens is 283 g/mol. The van der Waals surface area contributed by atoms with Gasteiger partial charge in [0.1, 0.15) is 5.75 Å². The van der Waals surface area contributed by atoms with E-state index in [9.17, 15) is 4.79 Å². The quantitative estimate of drug-likeness (QED) is 0.780. The van der Waals surface area contributed by atoms with Crippen molar-refractivity contribution in [1.29, 1.82) is 0 Å². The first-order chi connectivity index (χ1) is 9.11. The first kappa shape index (κ1) is 13.9. The Balaban J connectivity index is 2.26. The second-order valence-corrected chi connectivity index (χ2v) is 4.88. The minimum atomic E-state index is -0.0637. The number of carbonyl (C=O) groups excluding carboxylic acids is 1. The van der Waals surface area contributed by atoms with Crippen LogP contribution in [0, 0.1) is 0 Å². The van der Waals surface area contributed by atoms with Crippen LogP contribution in [0.2, 0.25) is 10.0 Å². The zero-order valence-electron chi connectivity index (χ0n) is 10.3. The Kier molecular flexibility index (Phi) is 4.46. The second-order valence-electron chi connectivity index (χ2n) is 4.04. The Morgan fingerprint density at radius 1 is 1.16 bits per heavy atom. The highest BCUT2D eigenvalue weighted by Crippen LogP contribution is 2.24. The lowest BCUT2D eigenvalue weighted by atomic mass is 10.0. The lowest BCUT2D eigenvalue weighted by Gasteiger charge is -2.08. The maximum atomic E-state index is 12.2. The van der Waals surface area contributed by atoms with Gasteiger partial charge in [-0.3, -0.25) is 4.79 Å². The molecule has 0 saturated carbocycles. The van der Waals surface area contributed by atoms with Gasteiger partial charge in [0.25, 0.3) is 0 Å². The molecular formula is C15H12Cl2O2. The molecule has 0 aromatic heterocycles. The molecule has 0 aliphatic rings. The minimum Gasteiger partial charge on any atom is -0.496 e. The topological polar surface area (TPSA) is 26.3 Å². The average Bonchev–Trinajstić information content (AvgIpc) is 2.39. The lowest BCUT2D eigenvalue weighted by molar-refractivity contribution is 0.0992. The summed E-state index contributed by atoms with van der Waals surface area (Å²) in [5, 5.41) is 0.881. The van der Waals surface area contributed by atoms with Gasteiger partial charge in [0, 0.05) is 22.6 Å². The molecule has 0 fully saturated rings. The lowest BCUT2D eigenvalue weighted by Crippen LogP contribution is -2.05. The number of hydrogen-bond acceptors (Lipinski definition) is 2. The summed E-state index contributed by atoms with van der Waals surface area (Å²) in [4.78, 5) is 12.2. The van der Waals surface area contributed by atoms with Crippen LogP contribution in [0.25, 0.3) is 0 Å². The number of ketones is 1. The fraction of sp³-hybridized carbons (Fsp3) is 0.133. The van der Waals surface area contributed by atoms with E-state index in [1.807, 2.05) is 24.3 Å². The number of Topliss-reactive ketones (excluding diaryl/α,β-unsaturated/α-hetero) is 1. The van der Waals surface area contributed by atoms with Crippen LogP contribution in [0.3, 0.4) is 0 Å². The summed E-state index contributed by atoms with van der Waals surface area (Å²) in [6, 6.07) is 12.3. The Bertz CT molecular complexity index is 609. The third-order valence-corrected chi connectivity index (χ3v) is 3.32. The molecule has 2 nitrogen and oxygen atoms in total. The summed E-state index contributed by atoms with van der Waals surface area (Å²) < 4.78 is 5.23. The predicted octanol–water partition coefficient (Wildman–Crippen LogP) is 4.43. The van der Waals surface area contributed by atoms with Crippen LogP contribution in [-0.2, 0) is 6.42 Å². The Morgan fingerprint density at radius 3 is 2.58 bits per heavy atom. The number of para-hydroxylation sites is 1. The molecule has 0 aliphatic heterocycles. The molecule has 0 unspecified atom stereocenters. The van der Waals surface area contributed by atoms with E-state index < -0.39 is 0 Å². The molecule has 0 N–H and O–H groups in total. The molecule has 0 amide bonds. The SMILES string of the molecule is COc1ccccc1CC(=O)c1ccc(Cl)cc1Cl. The molecule has 0 aliphatic carbocycles.